The van der Waals surface area contributed by atoms with Crippen LogP contribution in [0.2, 0.25) is 0 Å². The molecule has 21 heavy (non-hydrogen) atoms. The smallest absolute Gasteiger partial charge is 0.341 e. The Morgan fingerprint density at radius 3 is 2.52 bits per heavy atom. The number of benzene rings is 2. The summed E-state index contributed by atoms with van der Waals surface area (Å²) in [6.07, 6.45) is 1.02. The molecule has 0 aliphatic heterocycles. The van der Waals surface area contributed by atoms with E-state index in [0.29, 0.717) is 12.3 Å². The molecule has 0 amide bonds. The Balaban J connectivity index is 2.00. The minimum absolute atomic E-state index is 0.331. The van der Waals surface area contributed by atoms with Crippen LogP contribution in [0, 0.1) is 0 Å². The van der Waals surface area contributed by atoms with E-state index in [1.165, 1.54) is 5.56 Å². The lowest BCUT2D eigenvalue weighted by Gasteiger charge is -2.12. The predicted molar refractivity (Wildman–Crippen MR) is 82.7 cm³/mol. The quantitative estimate of drug-likeness (QED) is 0.819. The SMILES string of the molecule is CCc1ccc(NCc2ccccc2OCC(=O)O)cc1. The summed E-state index contributed by atoms with van der Waals surface area (Å²) in [5, 5.41) is 12.0. The summed E-state index contributed by atoms with van der Waals surface area (Å²) >= 11 is 0. The molecule has 0 bridgehead atoms. The summed E-state index contributed by atoms with van der Waals surface area (Å²) < 4.78 is 5.28. The minimum Gasteiger partial charge on any atom is -0.482 e. The first-order valence-electron chi connectivity index (χ1n) is 6.94. The average molecular weight is 285 g/mol. The number of para-hydroxylation sites is 1. The first kappa shape index (κ1) is 14.9. The molecule has 0 radical (unpaired) electrons. The van der Waals surface area contributed by atoms with Crippen molar-refractivity contribution >= 4 is 11.7 Å². The third kappa shape index (κ3) is 4.53. The Hall–Kier alpha value is -2.49. The van der Waals surface area contributed by atoms with E-state index in [0.717, 1.165) is 17.7 Å². The number of carboxylic acids is 1. The van der Waals surface area contributed by atoms with Crippen molar-refractivity contribution < 1.29 is 14.6 Å². The number of ether oxygens (including phenoxy) is 1. The van der Waals surface area contributed by atoms with Gasteiger partial charge in [0.1, 0.15) is 5.75 Å². The minimum atomic E-state index is -0.979. The van der Waals surface area contributed by atoms with Crippen molar-refractivity contribution in [2.24, 2.45) is 0 Å². The lowest BCUT2D eigenvalue weighted by Crippen LogP contribution is -2.11. The van der Waals surface area contributed by atoms with E-state index in [-0.39, 0.29) is 6.61 Å². The third-order valence-corrected chi connectivity index (χ3v) is 3.17. The zero-order chi connectivity index (χ0) is 15.1. The zero-order valence-corrected chi connectivity index (χ0v) is 12.0. The number of aliphatic carboxylic acids is 1. The molecule has 0 heterocycles. The molecule has 0 saturated heterocycles. The van der Waals surface area contributed by atoms with Gasteiger partial charge in [0, 0.05) is 17.8 Å². The van der Waals surface area contributed by atoms with E-state index in [1.54, 1.807) is 6.07 Å². The number of nitrogens with one attached hydrogen (secondary N) is 1. The Morgan fingerprint density at radius 1 is 1.14 bits per heavy atom. The van der Waals surface area contributed by atoms with E-state index in [9.17, 15) is 4.79 Å². The van der Waals surface area contributed by atoms with Gasteiger partial charge in [0.05, 0.1) is 0 Å². The molecule has 2 rings (SSSR count). The van der Waals surface area contributed by atoms with Crippen molar-refractivity contribution in [3.8, 4) is 5.75 Å². The highest BCUT2D eigenvalue weighted by Crippen LogP contribution is 2.20. The highest BCUT2D eigenvalue weighted by molar-refractivity contribution is 5.68. The normalized spacial score (nSPS) is 10.1. The fraction of sp³-hybridized carbons (Fsp3) is 0.235. The molecular formula is C17H19NO3. The van der Waals surface area contributed by atoms with E-state index in [1.807, 2.05) is 30.3 Å². The lowest BCUT2D eigenvalue weighted by molar-refractivity contribution is -0.139. The van der Waals surface area contributed by atoms with Crippen LogP contribution < -0.4 is 10.1 Å². The number of aryl methyl sites for hydroxylation is 1. The Kier molecular flexibility index (Phi) is 5.21. The molecule has 4 nitrogen and oxygen atoms in total. The second-order valence-corrected chi connectivity index (χ2v) is 4.69. The first-order chi connectivity index (χ1) is 10.2. The second kappa shape index (κ2) is 7.33. The summed E-state index contributed by atoms with van der Waals surface area (Å²) in [5.74, 6) is -0.384. The second-order valence-electron chi connectivity index (χ2n) is 4.69. The van der Waals surface area contributed by atoms with Crippen molar-refractivity contribution in [1.82, 2.24) is 0 Å². The van der Waals surface area contributed by atoms with Gasteiger partial charge in [0.15, 0.2) is 6.61 Å². The Morgan fingerprint density at radius 2 is 1.86 bits per heavy atom. The van der Waals surface area contributed by atoms with Gasteiger partial charge in [0.25, 0.3) is 0 Å². The average Bonchev–Trinajstić information content (AvgIpc) is 2.52. The maximum absolute atomic E-state index is 10.6. The maximum atomic E-state index is 10.6. The van der Waals surface area contributed by atoms with Crippen LogP contribution in [0.1, 0.15) is 18.1 Å². The van der Waals surface area contributed by atoms with Crippen molar-refractivity contribution in [3.63, 3.8) is 0 Å². The van der Waals surface area contributed by atoms with Gasteiger partial charge in [0.2, 0.25) is 0 Å². The molecule has 0 fully saturated rings. The van der Waals surface area contributed by atoms with Gasteiger partial charge in [-0.05, 0) is 30.2 Å². The third-order valence-electron chi connectivity index (χ3n) is 3.17. The van der Waals surface area contributed by atoms with Gasteiger partial charge in [-0.15, -0.1) is 0 Å². The summed E-state index contributed by atoms with van der Waals surface area (Å²) in [6.45, 7) is 2.38. The van der Waals surface area contributed by atoms with Crippen molar-refractivity contribution in [3.05, 3.63) is 59.7 Å². The van der Waals surface area contributed by atoms with Crippen LogP contribution in [0.4, 0.5) is 5.69 Å². The molecular weight excluding hydrogens is 266 g/mol. The van der Waals surface area contributed by atoms with Crippen molar-refractivity contribution in [1.29, 1.82) is 0 Å². The van der Waals surface area contributed by atoms with Gasteiger partial charge >= 0.3 is 5.97 Å². The fourth-order valence-corrected chi connectivity index (χ4v) is 1.99. The zero-order valence-electron chi connectivity index (χ0n) is 12.0. The van der Waals surface area contributed by atoms with Gasteiger partial charge in [-0.1, -0.05) is 37.3 Å². The predicted octanol–water partition coefficient (Wildman–Crippen LogP) is 3.32. The molecule has 0 atom stereocenters. The molecule has 0 aromatic heterocycles. The van der Waals surface area contributed by atoms with Crippen LogP contribution in [0.5, 0.6) is 5.75 Å². The molecule has 0 aliphatic carbocycles. The van der Waals surface area contributed by atoms with E-state index >= 15 is 0 Å². The summed E-state index contributed by atoms with van der Waals surface area (Å²) in [4.78, 5) is 10.6. The van der Waals surface area contributed by atoms with Gasteiger partial charge < -0.3 is 15.2 Å². The monoisotopic (exact) mass is 285 g/mol. The standard InChI is InChI=1S/C17H19NO3/c1-2-13-7-9-15(10-8-13)18-11-14-5-3-4-6-16(14)21-12-17(19)20/h3-10,18H,2,11-12H2,1H3,(H,19,20). The highest BCUT2D eigenvalue weighted by atomic mass is 16.5. The fourth-order valence-electron chi connectivity index (χ4n) is 1.99. The maximum Gasteiger partial charge on any atom is 0.341 e. The summed E-state index contributed by atoms with van der Waals surface area (Å²) in [5.41, 5.74) is 3.25. The Labute approximate surface area is 124 Å². The molecule has 0 spiro atoms. The topological polar surface area (TPSA) is 58.6 Å². The summed E-state index contributed by atoms with van der Waals surface area (Å²) in [6, 6.07) is 15.7. The van der Waals surface area contributed by atoms with E-state index in [4.69, 9.17) is 9.84 Å². The number of hydrogen-bond acceptors (Lipinski definition) is 3. The van der Waals surface area contributed by atoms with E-state index < -0.39 is 5.97 Å². The number of carboxylic acid groups (broad SMARTS) is 1. The highest BCUT2D eigenvalue weighted by Gasteiger charge is 2.05. The van der Waals surface area contributed by atoms with Crippen LogP contribution in [0.3, 0.4) is 0 Å². The molecule has 2 aromatic carbocycles. The van der Waals surface area contributed by atoms with E-state index in [2.05, 4.69) is 24.4 Å². The van der Waals surface area contributed by atoms with Gasteiger partial charge in [-0.25, -0.2) is 4.79 Å². The van der Waals surface area contributed by atoms with Gasteiger partial charge in [-0.3, -0.25) is 0 Å². The largest absolute Gasteiger partial charge is 0.482 e. The van der Waals surface area contributed by atoms with Crippen molar-refractivity contribution in [2.75, 3.05) is 11.9 Å². The molecule has 0 unspecified atom stereocenters. The van der Waals surface area contributed by atoms with Crippen molar-refractivity contribution in [2.45, 2.75) is 19.9 Å². The molecule has 2 N–H and O–H groups in total. The van der Waals surface area contributed by atoms with Crippen LogP contribution in [-0.4, -0.2) is 17.7 Å². The Bertz CT molecular complexity index is 593. The number of anilines is 1. The number of carbonyl (C=O) groups is 1. The molecule has 0 saturated carbocycles. The van der Waals surface area contributed by atoms with Crippen LogP contribution >= 0.6 is 0 Å². The first-order valence-corrected chi connectivity index (χ1v) is 6.94. The number of hydrogen-bond donors (Lipinski definition) is 2. The summed E-state index contributed by atoms with van der Waals surface area (Å²) in [7, 11) is 0. The molecule has 110 valence electrons. The lowest BCUT2D eigenvalue weighted by atomic mass is 10.1. The van der Waals surface area contributed by atoms with Gasteiger partial charge in [-0.2, -0.15) is 0 Å². The van der Waals surface area contributed by atoms with Crippen LogP contribution in [0.15, 0.2) is 48.5 Å². The van der Waals surface area contributed by atoms with Crippen LogP contribution in [-0.2, 0) is 17.8 Å². The molecule has 0 aliphatic rings. The molecule has 2 aromatic rings. The number of rotatable bonds is 7. The molecule has 4 heteroatoms. The van der Waals surface area contributed by atoms with Crippen LogP contribution in [0.25, 0.3) is 0 Å².